The van der Waals surface area contributed by atoms with Crippen LogP contribution >= 0.6 is 23.4 Å². The Labute approximate surface area is 143 Å². The SMILES string of the molecule is COc1cc(C(C)=O)cc(Cl)c1N1C(C2CC2)=CSC1C(N)=O. The van der Waals surface area contributed by atoms with Crippen molar-refractivity contribution in [1.82, 2.24) is 0 Å². The van der Waals surface area contributed by atoms with E-state index in [0.717, 1.165) is 18.5 Å². The van der Waals surface area contributed by atoms with Crippen LogP contribution in [0.2, 0.25) is 5.02 Å². The molecule has 122 valence electrons. The number of amides is 1. The van der Waals surface area contributed by atoms with Crippen LogP contribution in [0.1, 0.15) is 30.1 Å². The Bertz CT molecular complexity index is 716. The number of ketones is 1. The van der Waals surface area contributed by atoms with Gasteiger partial charge < -0.3 is 15.4 Å². The summed E-state index contributed by atoms with van der Waals surface area (Å²) in [5.74, 6) is 0.343. The predicted octanol–water partition coefficient (Wildman–Crippen LogP) is 3.17. The number of hydrogen-bond acceptors (Lipinski definition) is 5. The van der Waals surface area contributed by atoms with Crippen molar-refractivity contribution in [3.05, 3.63) is 33.8 Å². The van der Waals surface area contributed by atoms with Crippen LogP contribution in [0.25, 0.3) is 0 Å². The van der Waals surface area contributed by atoms with Gasteiger partial charge in [-0.05, 0) is 43.2 Å². The number of primary amides is 1. The highest BCUT2D eigenvalue weighted by Gasteiger charge is 2.41. The first kappa shape index (κ1) is 16.2. The van der Waals surface area contributed by atoms with Gasteiger partial charge in [-0.15, -0.1) is 0 Å². The van der Waals surface area contributed by atoms with Crippen LogP contribution in [0.4, 0.5) is 5.69 Å². The minimum absolute atomic E-state index is 0.100. The lowest BCUT2D eigenvalue weighted by Crippen LogP contribution is -2.40. The van der Waals surface area contributed by atoms with Gasteiger partial charge in [0.15, 0.2) is 11.2 Å². The fourth-order valence-electron chi connectivity index (χ4n) is 2.67. The summed E-state index contributed by atoms with van der Waals surface area (Å²) in [6.45, 7) is 1.47. The highest BCUT2D eigenvalue weighted by atomic mass is 35.5. The van der Waals surface area contributed by atoms with Crippen LogP contribution in [0, 0.1) is 5.92 Å². The molecule has 0 aromatic heterocycles. The molecular weight excluding hydrogens is 336 g/mol. The number of thioether (sulfide) groups is 1. The number of rotatable bonds is 5. The third-order valence-electron chi connectivity index (χ3n) is 3.97. The van der Waals surface area contributed by atoms with E-state index in [1.165, 1.54) is 25.8 Å². The molecule has 1 fully saturated rings. The lowest BCUT2D eigenvalue weighted by Gasteiger charge is -2.29. The maximum absolute atomic E-state index is 11.8. The Balaban J connectivity index is 2.12. The zero-order valence-corrected chi connectivity index (χ0v) is 14.4. The van der Waals surface area contributed by atoms with E-state index in [1.54, 1.807) is 12.1 Å². The van der Waals surface area contributed by atoms with E-state index in [1.807, 2.05) is 10.3 Å². The number of carbonyl (C=O) groups is 2. The summed E-state index contributed by atoms with van der Waals surface area (Å²) >= 11 is 7.81. The van der Waals surface area contributed by atoms with Crippen molar-refractivity contribution < 1.29 is 14.3 Å². The molecule has 23 heavy (non-hydrogen) atoms. The molecule has 1 aromatic rings. The van der Waals surface area contributed by atoms with Crippen LogP contribution < -0.4 is 15.4 Å². The van der Waals surface area contributed by atoms with E-state index in [-0.39, 0.29) is 5.78 Å². The van der Waals surface area contributed by atoms with E-state index in [9.17, 15) is 9.59 Å². The number of halogens is 1. The van der Waals surface area contributed by atoms with Gasteiger partial charge in [0, 0.05) is 11.3 Å². The Morgan fingerprint density at radius 1 is 1.39 bits per heavy atom. The Morgan fingerprint density at radius 3 is 2.61 bits per heavy atom. The lowest BCUT2D eigenvalue weighted by molar-refractivity contribution is -0.117. The molecule has 2 aliphatic rings. The fraction of sp³-hybridized carbons (Fsp3) is 0.375. The van der Waals surface area contributed by atoms with Crippen molar-refractivity contribution in [2.24, 2.45) is 11.7 Å². The first-order valence-corrected chi connectivity index (χ1v) is 8.58. The van der Waals surface area contributed by atoms with Gasteiger partial charge in [0.2, 0.25) is 0 Å². The summed E-state index contributed by atoms with van der Waals surface area (Å²) in [7, 11) is 1.52. The molecule has 5 nitrogen and oxygen atoms in total. The van der Waals surface area contributed by atoms with Crippen molar-refractivity contribution in [1.29, 1.82) is 0 Å². The van der Waals surface area contributed by atoms with Crippen molar-refractivity contribution in [2.75, 3.05) is 12.0 Å². The summed E-state index contributed by atoms with van der Waals surface area (Å²) in [5, 5.41) is 1.79. The van der Waals surface area contributed by atoms with E-state index < -0.39 is 11.3 Å². The summed E-state index contributed by atoms with van der Waals surface area (Å²) < 4.78 is 5.44. The zero-order chi connectivity index (χ0) is 16.7. The molecule has 0 saturated heterocycles. The Hall–Kier alpha value is -1.66. The maximum atomic E-state index is 11.8. The molecule has 7 heteroatoms. The monoisotopic (exact) mass is 352 g/mol. The number of methoxy groups -OCH3 is 1. The first-order chi connectivity index (χ1) is 10.9. The second-order valence-electron chi connectivity index (χ2n) is 5.64. The van der Waals surface area contributed by atoms with Crippen molar-refractivity contribution >= 4 is 40.7 Å². The number of allylic oxidation sites excluding steroid dienone is 1. The average molecular weight is 353 g/mol. The minimum atomic E-state index is -0.555. The molecular formula is C16H17ClN2O3S. The topological polar surface area (TPSA) is 72.6 Å². The van der Waals surface area contributed by atoms with E-state index in [2.05, 4.69) is 0 Å². The van der Waals surface area contributed by atoms with E-state index >= 15 is 0 Å². The van der Waals surface area contributed by atoms with Gasteiger partial charge in [-0.1, -0.05) is 23.4 Å². The summed E-state index contributed by atoms with van der Waals surface area (Å²) in [6, 6.07) is 3.25. The number of hydrogen-bond donors (Lipinski definition) is 1. The molecule has 0 spiro atoms. The molecule has 0 bridgehead atoms. The molecule has 1 saturated carbocycles. The predicted molar refractivity (Wildman–Crippen MR) is 91.9 cm³/mol. The van der Waals surface area contributed by atoms with Crippen molar-refractivity contribution in [2.45, 2.75) is 25.1 Å². The van der Waals surface area contributed by atoms with Gasteiger partial charge in [-0.2, -0.15) is 0 Å². The highest BCUT2D eigenvalue weighted by Crippen LogP contribution is 2.51. The van der Waals surface area contributed by atoms with Gasteiger partial charge in [-0.3, -0.25) is 9.59 Å². The number of nitrogens with zero attached hydrogens (tertiary/aromatic N) is 1. The van der Waals surface area contributed by atoms with Crippen molar-refractivity contribution in [3.63, 3.8) is 0 Å². The standard InChI is InChI=1S/C16H17ClN2O3S/c1-8(20)10-5-11(17)14(13(6-10)22-2)19-12(9-3-4-9)7-23-16(19)15(18)21/h5-7,9,16H,3-4H2,1-2H3,(H2,18,21). The lowest BCUT2D eigenvalue weighted by atomic mass is 10.1. The molecule has 1 unspecified atom stereocenters. The number of anilines is 1. The van der Waals surface area contributed by atoms with Gasteiger partial charge in [0.1, 0.15) is 11.4 Å². The number of ether oxygens (including phenoxy) is 1. The molecule has 1 aromatic carbocycles. The molecule has 1 aliphatic carbocycles. The third kappa shape index (κ3) is 2.93. The number of Topliss-reactive ketones (excluding diaryl/α,β-unsaturated/α-hetero) is 1. The normalized spacial score (nSPS) is 20.4. The molecule has 2 N–H and O–H groups in total. The largest absolute Gasteiger partial charge is 0.494 e. The van der Waals surface area contributed by atoms with Gasteiger partial charge in [-0.25, -0.2) is 0 Å². The molecule has 1 heterocycles. The Kier molecular flexibility index (Phi) is 4.29. The van der Waals surface area contributed by atoms with Crippen LogP contribution in [0.15, 0.2) is 23.2 Å². The molecule has 1 aliphatic heterocycles. The molecule has 1 atom stereocenters. The van der Waals surface area contributed by atoms with E-state index in [4.69, 9.17) is 22.1 Å². The number of benzene rings is 1. The second-order valence-corrected chi connectivity index (χ2v) is 7.00. The van der Waals surface area contributed by atoms with Crippen molar-refractivity contribution in [3.8, 4) is 5.75 Å². The zero-order valence-electron chi connectivity index (χ0n) is 12.8. The molecule has 1 amide bonds. The summed E-state index contributed by atoms with van der Waals surface area (Å²) in [6.07, 6.45) is 2.17. The van der Waals surface area contributed by atoms with Gasteiger partial charge in [0.25, 0.3) is 5.91 Å². The summed E-state index contributed by atoms with van der Waals surface area (Å²) in [4.78, 5) is 25.3. The quantitative estimate of drug-likeness (QED) is 0.824. The molecule has 0 radical (unpaired) electrons. The number of carbonyl (C=O) groups excluding carboxylic acids is 2. The van der Waals surface area contributed by atoms with Gasteiger partial charge in [0.05, 0.1) is 12.1 Å². The van der Waals surface area contributed by atoms with Crippen LogP contribution in [0.5, 0.6) is 5.75 Å². The smallest absolute Gasteiger partial charge is 0.251 e. The van der Waals surface area contributed by atoms with E-state index in [0.29, 0.717) is 27.9 Å². The Morgan fingerprint density at radius 2 is 2.09 bits per heavy atom. The van der Waals surface area contributed by atoms with Gasteiger partial charge >= 0.3 is 0 Å². The maximum Gasteiger partial charge on any atom is 0.251 e. The average Bonchev–Trinajstić information content (AvgIpc) is 3.25. The molecule has 3 rings (SSSR count). The number of nitrogens with two attached hydrogens (primary N) is 1. The van der Waals surface area contributed by atoms with Crippen LogP contribution in [-0.4, -0.2) is 24.2 Å². The third-order valence-corrected chi connectivity index (χ3v) is 5.33. The fourth-order valence-corrected chi connectivity index (χ4v) is 4.03. The minimum Gasteiger partial charge on any atom is -0.494 e. The second kappa shape index (κ2) is 6.09. The highest BCUT2D eigenvalue weighted by molar-refractivity contribution is 8.03. The first-order valence-electron chi connectivity index (χ1n) is 7.26. The van der Waals surface area contributed by atoms with Crippen LogP contribution in [0.3, 0.4) is 0 Å². The van der Waals surface area contributed by atoms with Crippen LogP contribution in [-0.2, 0) is 4.79 Å². The summed E-state index contributed by atoms with van der Waals surface area (Å²) in [5.41, 5.74) is 7.65.